The van der Waals surface area contributed by atoms with Crippen LogP contribution in [0.5, 0.6) is 0 Å². The van der Waals surface area contributed by atoms with E-state index in [1.54, 1.807) is 0 Å². The zero-order valence-corrected chi connectivity index (χ0v) is 9.01. The Kier molecular flexibility index (Phi) is 1.80. The highest BCUT2D eigenvalue weighted by atomic mass is 35.5. The molecule has 0 unspecified atom stereocenters. The second-order valence-corrected chi connectivity index (χ2v) is 4.18. The molecule has 0 aliphatic carbocycles. The Balaban J connectivity index is 2.53. The van der Waals surface area contributed by atoms with Crippen LogP contribution >= 0.6 is 11.6 Å². The van der Waals surface area contributed by atoms with Crippen molar-refractivity contribution < 1.29 is 4.42 Å². The minimum atomic E-state index is 0.741. The van der Waals surface area contributed by atoms with Gasteiger partial charge in [-0.2, -0.15) is 0 Å². The van der Waals surface area contributed by atoms with Crippen molar-refractivity contribution in [3.05, 3.63) is 41.4 Å². The van der Waals surface area contributed by atoms with Gasteiger partial charge in [-0.1, -0.05) is 29.2 Å². The molecule has 0 saturated heterocycles. The summed E-state index contributed by atoms with van der Waals surface area (Å²) in [6, 6.07) is 11.9. The van der Waals surface area contributed by atoms with Gasteiger partial charge in [0.15, 0.2) is 0 Å². The van der Waals surface area contributed by atoms with Crippen molar-refractivity contribution in [1.29, 1.82) is 0 Å². The van der Waals surface area contributed by atoms with Gasteiger partial charge in [0.05, 0.1) is 0 Å². The molecule has 1 aromatic heterocycles. The molecule has 1 nitrogen and oxygen atoms in total. The number of halogens is 1. The van der Waals surface area contributed by atoms with E-state index < -0.39 is 0 Å². The van der Waals surface area contributed by atoms with Crippen LogP contribution in [0.2, 0.25) is 5.02 Å². The summed E-state index contributed by atoms with van der Waals surface area (Å²) in [4.78, 5) is 0. The summed E-state index contributed by atoms with van der Waals surface area (Å²) in [5.74, 6) is 0. The molecule has 0 amide bonds. The highest BCUT2D eigenvalue weighted by Gasteiger charge is 2.06. The van der Waals surface area contributed by atoms with Gasteiger partial charge in [-0.3, -0.25) is 0 Å². The number of fused-ring (bicyclic) bond motifs is 3. The molecule has 0 spiro atoms. The van der Waals surface area contributed by atoms with E-state index in [2.05, 4.69) is 20.0 Å². The predicted octanol–water partition coefficient (Wildman–Crippen LogP) is 2.50. The van der Waals surface area contributed by atoms with E-state index in [0.717, 1.165) is 27.0 Å². The van der Waals surface area contributed by atoms with E-state index in [-0.39, 0.29) is 0 Å². The van der Waals surface area contributed by atoms with E-state index in [0.29, 0.717) is 0 Å². The van der Waals surface area contributed by atoms with E-state index in [4.69, 9.17) is 16.0 Å². The minimum absolute atomic E-state index is 0.741. The van der Waals surface area contributed by atoms with Crippen molar-refractivity contribution in [2.24, 2.45) is 0 Å². The Morgan fingerprint density at radius 1 is 0.933 bits per heavy atom. The van der Waals surface area contributed by atoms with Gasteiger partial charge in [-0.25, -0.2) is 0 Å². The smallest absolute Gasteiger partial charge is 0.139 e. The maximum Gasteiger partial charge on any atom is 0.139 e. The number of rotatable bonds is 0. The topological polar surface area (TPSA) is 13.1 Å². The van der Waals surface area contributed by atoms with Crippen LogP contribution < -0.4 is 5.46 Å². The molecule has 0 bridgehead atoms. The molecule has 72 valence electrons. The summed E-state index contributed by atoms with van der Waals surface area (Å²) in [6.07, 6.45) is 0. The van der Waals surface area contributed by atoms with E-state index in [1.807, 2.05) is 24.3 Å². The van der Waals surface area contributed by atoms with Crippen molar-refractivity contribution in [3.63, 3.8) is 0 Å². The van der Waals surface area contributed by atoms with Gasteiger partial charge in [0.2, 0.25) is 0 Å². The summed E-state index contributed by atoms with van der Waals surface area (Å²) in [7, 11) is 2.06. The Labute approximate surface area is 93.0 Å². The number of hydrogen-bond acceptors (Lipinski definition) is 1. The van der Waals surface area contributed by atoms with E-state index in [9.17, 15) is 0 Å². The van der Waals surface area contributed by atoms with Gasteiger partial charge < -0.3 is 4.42 Å². The van der Waals surface area contributed by atoms with Crippen LogP contribution in [0.3, 0.4) is 0 Å². The molecule has 3 rings (SSSR count). The third kappa shape index (κ3) is 1.33. The van der Waals surface area contributed by atoms with Crippen molar-refractivity contribution in [1.82, 2.24) is 0 Å². The molecule has 0 aliphatic rings. The first kappa shape index (κ1) is 8.87. The first-order valence-corrected chi connectivity index (χ1v) is 5.20. The predicted molar refractivity (Wildman–Crippen MR) is 66.9 cm³/mol. The molecule has 3 heteroatoms. The lowest BCUT2D eigenvalue weighted by molar-refractivity contribution is 0.669. The quantitative estimate of drug-likeness (QED) is 0.524. The largest absolute Gasteiger partial charge is 0.456 e. The summed E-state index contributed by atoms with van der Waals surface area (Å²) in [5, 5.41) is 2.95. The van der Waals surface area contributed by atoms with Crippen LogP contribution in [0.4, 0.5) is 0 Å². The standard InChI is InChI=1S/C12H8BClO/c13-7-1-3-9-10-6-8(14)2-4-11(10)15-12(9)5-7/h1-6H,13H2. The maximum absolute atomic E-state index is 5.97. The third-order valence-corrected chi connectivity index (χ3v) is 2.82. The molecule has 0 fully saturated rings. The van der Waals surface area contributed by atoms with Crippen LogP contribution in [0.1, 0.15) is 0 Å². The van der Waals surface area contributed by atoms with Crippen molar-refractivity contribution in [2.75, 3.05) is 0 Å². The fourth-order valence-corrected chi connectivity index (χ4v) is 2.03. The summed E-state index contributed by atoms with van der Waals surface area (Å²) in [5.41, 5.74) is 3.01. The highest BCUT2D eigenvalue weighted by molar-refractivity contribution is 6.34. The fraction of sp³-hybridized carbons (Fsp3) is 0. The summed E-state index contributed by atoms with van der Waals surface area (Å²) in [6.45, 7) is 0. The zero-order chi connectivity index (χ0) is 10.4. The first-order chi connectivity index (χ1) is 7.24. The molecule has 0 aliphatic heterocycles. The van der Waals surface area contributed by atoms with Crippen molar-refractivity contribution in [2.45, 2.75) is 0 Å². The van der Waals surface area contributed by atoms with Crippen molar-refractivity contribution in [3.8, 4) is 0 Å². The molecule has 0 N–H and O–H groups in total. The Hall–Kier alpha value is -1.41. The number of benzene rings is 2. The summed E-state index contributed by atoms with van der Waals surface area (Å²) < 4.78 is 5.73. The normalized spacial score (nSPS) is 11.3. The van der Waals surface area contributed by atoms with Crippen molar-refractivity contribution >= 4 is 46.8 Å². The van der Waals surface area contributed by atoms with Gasteiger partial charge in [0.1, 0.15) is 19.0 Å². The molecular weight excluding hydrogens is 206 g/mol. The molecule has 1 heterocycles. The Bertz CT molecular complexity index is 657. The number of hydrogen-bond donors (Lipinski definition) is 0. The lowest BCUT2D eigenvalue weighted by atomic mass is 9.95. The molecular formula is C12H8BClO. The average Bonchev–Trinajstić information content (AvgIpc) is 2.54. The monoisotopic (exact) mass is 214 g/mol. The van der Waals surface area contributed by atoms with Gasteiger partial charge in [-0.05, 0) is 24.3 Å². The Morgan fingerprint density at radius 3 is 2.67 bits per heavy atom. The fourth-order valence-electron chi connectivity index (χ4n) is 1.86. The molecule has 0 radical (unpaired) electrons. The van der Waals surface area contributed by atoms with Crippen LogP contribution in [0.15, 0.2) is 40.8 Å². The van der Waals surface area contributed by atoms with Crippen LogP contribution in [0.25, 0.3) is 21.9 Å². The van der Waals surface area contributed by atoms with E-state index >= 15 is 0 Å². The van der Waals surface area contributed by atoms with Crippen LogP contribution in [0, 0.1) is 0 Å². The second kappa shape index (κ2) is 3.04. The second-order valence-electron chi connectivity index (χ2n) is 3.74. The lowest BCUT2D eigenvalue weighted by Crippen LogP contribution is -1.98. The molecule has 2 aromatic carbocycles. The SMILES string of the molecule is Bc1ccc2c(c1)oc1ccc(Cl)cc12. The number of furan rings is 1. The van der Waals surface area contributed by atoms with Crippen LogP contribution in [-0.4, -0.2) is 7.85 Å². The molecule has 0 atom stereocenters. The van der Waals surface area contributed by atoms with Gasteiger partial charge in [0.25, 0.3) is 0 Å². The van der Waals surface area contributed by atoms with Gasteiger partial charge in [0, 0.05) is 15.8 Å². The van der Waals surface area contributed by atoms with Crippen LogP contribution in [-0.2, 0) is 0 Å². The molecule has 3 aromatic rings. The molecule has 0 saturated carbocycles. The van der Waals surface area contributed by atoms with Gasteiger partial charge >= 0.3 is 0 Å². The van der Waals surface area contributed by atoms with E-state index in [1.165, 1.54) is 5.46 Å². The minimum Gasteiger partial charge on any atom is -0.456 e. The average molecular weight is 214 g/mol. The maximum atomic E-state index is 5.97. The Morgan fingerprint density at radius 2 is 1.80 bits per heavy atom. The molecule has 15 heavy (non-hydrogen) atoms. The summed E-state index contributed by atoms with van der Waals surface area (Å²) >= 11 is 5.97. The lowest BCUT2D eigenvalue weighted by Gasteiger charge is -1.91. The highest BCUT2D eigenvalue weighted by Crippen LogP contribution is 2.29. The van der Waals surface area contributed by atoms with Gasteiger partial charge in [-0.15, -0.1) is 0 Å². The third-order valence-electron chi connectivity index (χ3n) is 2.59. The zero-order valence-electron chi connectivity index (χ0n) is 8.25. The first-order valence-electron chi connectivity index (χ1n) is 4.82.